The van der Waals surface area contributed by atoms with E-state index in [1.165, 1.54) is 12.1 Å². The van der Waals surface area contributed by atoms with Gasteiger partial charge in [0.1, 0.15) is 18.2 Å². The van der Waals surface area contributed by atoms with E-state index < -0.39 is 0 Å². The molecule has 0 spiro atoms. The molecule has 0 saturated carbocycles. The van der Waals surface area contributed by atoms with E-state index in [1.807, 2.05) is 54.6 Å². The van der Waals surface area contributed by atoms with Gasteiger partial charge in [0, 0.05) is 18.8 Å². The summed E-state index contributed by atoms with van der Waals surface area (Å²) < 4.78 is 19.1. The molecule has 3 nitrogen and oxygen atoms in total. The van der Waals surface area contributed by atoms with Gasteiger partial charge < -0.3 is 15.4 Å². The first-order chi connectivity index (χ1) is 14.2. The van der Waals surface area contributed by atoms with Gasteiger partial charge in [-0.2, -0.15) is 0 Å². The lowest BCUT2D eigenvalue weighted by molar-refractivity contribution is 0.306. The van der Waals surface area contributed by atoms with Gasteiger partial charge in [0.2, 0.25) is 0 Å². The second-order valence-corrected chi connectivity index (χ2v) is 6.94. The molecule has 0 unspecified atom stereocenters. The Morgan fingerprint density at radius 3 is 2.24 bits per heavy atom. The van der Waals surface area contributed by atoms with Gasteiger partial charge in [-0.25, -0.2) is 4.39 Å². The zero-order valence-corrected chi connectivity index (χ0v) is 16.6. The molecule has 0 aromatic heterocycles. The fourth-order valence-electron chi connectivity index (χ4n) is 3.07. The van der Waals surface area contributed by atoms with E-state index in [1.54, 1.807) is 12.1 Å². The number of hydrogen-bond acceptors (Lipinski definition) is 3. The Bertz CT molecular complexity index is 892. The summed E-state index contributed by atoms with van der Waals surface area (Å²) in [7, 11) is 0. The highest BCUT2D eigenvalue weighted by Gasteiger charge is 2.11. The molecular formula is C25H27FN2O. The van der Waals surface area contributed by atoms with Crippen LogP contribution in [0.1, 0.15) is 23.1 Å². The van der Waals surface area contributed by atoms with Crippen LogP contribution in [0.15, 0.2) is 85.4 Å². The predicted molar refractivity (Wildman–Crippen MR) is 117 cm³/mol. The molecular weight excluding hydrogens is 363 g/mol. The quantitative estimate of drug-likeness (QED) is 0.515. The van der Waals surface area contributed by atoms with Crippen LogP contribution >= 0.6 is 0 Å². The zero-order valence-electron chi connectivity index (χ0n) is 16.6. The molecule has 0 fully saturated rings. The van der Waals surface area contributed by atoms with Gasteiger partial charge in [-0.05, 0) is 66.1 Å². The highest BCUT2D eigenvalue weighted by atomic mass is 19.1. The van der Waals surface area contributed by atoms with Crippen LogP contribution in [0.3, 0.4) is 0 Å². The van der Waals surface area contributed by atoms with Crippen molar-refractivity contribution < 1.29 is 9.13 Å². The molecule has 0 heterocycles. The van der Waals surface area contributed by atoms with Crippen LogP contribution in [0, 0.1) is 5.82 Å². The van der Waals surface area contributed by atoms with Crippen molar-refractivity contribution in [3.05, 3.63) is 108 Å². The third-order valence-corrected chi connectivity index (χ3v) is 4.74. The Morgan fingerprint density at radius 2 is 1.59 bits per heavy atom. The van der Waals surface area contributed by atoms with Crippen LogP contribution in [0.4, 0.5) is 4.39 Å². The molecule has 3 rings (SSSR count). The number of halogens is 1. The monoisotopic (exact) mass is 390 g/mol. The predicted octanol–water partition coefficient (Wildman–Crippen LogP) is 5.23. The van der Waals surface area contributed by atoms with Crippen molar-refractivity contribution in [2.24, 2.45) is 5.73 Å². The molecule has 0 aliphatic heterocycles. The summed E-state index contributed by atoms with van der Waals surface area (Å²) in [5.41, 5.74) is 9.81. The number of rotatable bonds is 10. The highest BCUT2D eigenvalue weighted by molar-refractivity contribution is 5.62. The molecule has 0 amide bonds. The Kier molecular flexibility index (Phi) is 7.42. The second-order valence-electron chi connectivity index (χ2n) is 6.94. The number of ether oxygens (including phenoxy) is 1. The Labute approximate surface area is 172 Å². The van der Waals surface area contributed by atoms with E-state index in [9.17, 15) is 4.39 Å². The van der Waals surface area contributed by atoms with E-state index in [-0.39, 0.29) is 5.82 Å². The van der Waals surface area contributed by atoms with Crippen molar-refractivity contribution in [1.29, 1.82) is 0 Å². The summed E-state index contributed by atoms with van der Waals surface area (Å²) in [5.74, 6) is 0.588. The van der Waals surface area contributed by atoms with Crippen LogP contribution in [0.5, 0.6) is 5.75 Å². The minimum Gasteiger partial charge on any atom is -0.489 e. The number of benzene rings is 3. The average molecular weight is 391 g/mol. The van der Waals surface area contributed by atoms with Crippen LogP contribution in [-0.2, 0) is 13.2 Å². The smallest absolute Gasteiger partial charge is 0.123 e. The molecule has 0 saturated heterocycles. The lowest BCUT2D eigenvalue weighted by Gasteiger charge is -2.27. The lowest BCUT2D eigenvalue weighted by Crippen LogP contribution is -2.24. The Hall–Kier alpha value is -3.11. The van der Waals surface area contributed by atoms with Crippen LogP contribution in [0.2, 0.25) is 0 Å². The minimum absolute atomic E-state index is 0.229. The lowest BCUT2D eigenvalue weighted by atomic mass is 10.1. The van der Waals surface area contributed by atoms with E-state index in [4.69, 9.17) is 10.5 Å². The Balaban J connectivity index is 1.65. The standard InChI is InChI=1S/C25H27FN2O/c1-20(28(17-5-16-27)18-21-8-12-24(26)13-9-21)23-10-14-25(15-11-23)29-19-22-6-3-2-4-7-22/h2-4,6-15H,1,5,16-19,27H2. The van der Waals surface area contributed by atoms with Crippen LogP contribution < -0.4 is 10.5 Å². The molecule has 150 valence electrons. The molecule has 2 N–H and O–H groups in total. The van der Waals surface area contributed by atoms with Crippen molar-refractivity contribution in [3.63, 3.8) is 0 Å². The van der Waals surface area contributed by atoms with Crippen LogP contribution in [-0.4, -0.2) is 18.0 Å². The molecule has 0 bridgehead atoms. The van der Waals surface area contributed by atoms with E-state index in [0.717, 1.165) is 41.1 Å². The molecule has 0 aliphatic rings. The van der Waals surface area contributed by atoms with Gasteiger partial charge in [-0.15, -0.1) is 0 Å². The number of nitrogens with two attached hydrogens (primary N) is 1. The zero-order chi connectivity index (χ0) is 20.5. The van der Waals surface area contributed by atoms with Crippen LogP contribution in [0.25, 0.3) is 5.70 Å². The summed E-state index contributed by atoms with van der Waals surface area (Å²) in [5, 5.41) is 0. The Morgan fingerprint density at radius 1 is 0.897 bits per heavy atom. The minimum atomic E-state index is -0.229. The fraction of sp³-hybridized carbons (Fsp3) is 0.200. The normalized spacial score (nSPS) is 10.6. The topological polar surface area (TPSA) is 38.5 Å². The molecule has 3 aromatic rings. The van der Waals surface area contributed by atoms with Gasteiger partial charge in [0.05, 0.1) is 0 Å². The van der Waals surface area contributed by atoms with E-state index in [0.29, 0.717) is 19.7 Å². The van der Waals surface area contributed by atoms with Gasteiger partial charge in [-0.3, -0.25) is 0 Å². The fourth-order valence-corrected chi connectivity index (χ4v) is 3.07. The first-order valence-corrected chi connectivity index (χ1v) is 9.81. The molecule has 0 aliphatic carbocycles. The van der Waals surface area contributed by atoms with Crippen molar-refractivity contribution in [3.8, 4) is 5.75 Å². The summed E-state index contributed by atoms with van der Waals surface area (Å²) >= 11 is 0. The van der Waals surface area contributed by atoms with E-state index >= 15 is 0 Å². The van der Waals surface area contributed by atoms with Crippen molar-refractivity contribution in [1.82, 2.24) is 4.90 Å². The maximum atomic E-state index is 13.2. The largest absolute Gasteiger partial charge is 0.489 e. The maximum absolute atomic E-state index is 13.2. The number of hydrogen-bond donors (Lipinski definition) is 1. The summed E-state index contributed by atoms with van der Waals surface area (Å²) in [6.07, 6.45) is 0.860. The summed E-state index contributed by atoms with van der Waals surface area (Å²) in [6.45, 7) is 6.88. The van der Waals surface area contributed by atoms with Gasteiger partial charge in [-0.1, -0.05) is 49.0 Å². The van der Waals surface area contributed by atoms with Gasteiger partial charge >= 0.3 is 0 Å². The first kappa shape index (κ1) is 20.6. The molecule has 3 aromatic carbocycles. The third-order valence-electron chi connectivity index (χ3n) is 4.74. The van der Waals surface area contributed by atoms with Gasteiger partial charge in [0.25, 0.3) is 0 Å². The van der Waals surface area contributed by atoms with Gasteiger partial charge in [0.15, 0.2) is 0 Å². The first-order valence-electron chi connectivity index (χ1n) is 9.81. The molecule has 29 heavy (non-hydrogen) atoms. The van der Waals surface area contributed by atoms with Crippen molar-refractivity contribution in [2.45, 2.75) is 19.6 Å². The molecule has 4 heteroatoms. The van der Waals surface area contributed by atoms with E-state index in [2.05, 4.69) is 11.5 Å². The number of nitrogens with zero attached hydrogens (tertiary/aromatic N) is 1. The SMILES string of the molecule is C=C(c1ccc(OCc2ccccc2)cc1)N(CCCN)Cc1ccc(F)cc1. The molecule has 0 atom stereocenters. The summed E-state index contributed by atoms with van der Waals surface area (Å²) in [4.78, 5) is 2.18. The van der Waals surface area contributed by atoms with Crippen molar-refractivity contribution in [2.75, 3.05) is 13.1 Å². The average Bonchev–Trinajstić information content (AvgIpc) is 2.77. The summed E-state index contributed by atoms with van der Waals surface area (Å²) in [6, 6.07) is 24.6. The third kappa shape index (κ3) is 6.19. The van der Waals surface area contributed by atoms with Crippen molar-refractivity contribution >= 4 is 5.70 Å². The second kappa shape index (κ2) is 10.4. The maximum Gasteiger partial charge on any atom is 0.123 e. The molecule has 0 radical (unpaired) electrons. The highest BCUT2D eigenvalue weighted by Crippen LogP contribution is 2.23.